The fourth-order valence-electron chi connectivity index (χ4n) is 3.62. The average molecular weight is 325 g/mol. The normalized spacial score (nSPS) is 27.0. The van der Waals surface area contributed by atoms with E-state index in [4.69, 9.17) is 10.5 Å². The molecule has 1 aliphatic carbocycles. The number of carbonyl (C=O) groups excluding carboxylic acids is 1. The van der Waals surface area contributed by atoms with Gasteiger partial charge in [-0.25, -0.2) is 0 Å². The number of para-hydroxylation sites is 1. The first kappa shape index (κ1) is 17.1. The third-order valence-electron chi connectivity index (χ3n) is 4.80. The summed E-state index contributed by atoms with van der Waals surface area (Å²) in [7, 11) is 0. The molecule has 122 valence electrons. The summed E-state index contributed by atoms with van der Waals surface area (Å²) in [6.45, 7) is 1.33. The second-order valence-electron chi connectivity index (χ2n) is 6.12. The highest BCUT2D eigenvalue weighted by atomic mass is 35.5. The van der Waals surface area contributed by atoms with E-state index < -0.39 is 0 Å². The summed E-state index contributed by atoms with van der Waals surface area (Å²) < 4.78 is 5.76. The molecular weight excluding hydrogens is 300 g/mol. The Balaban J connectivity index is 0.00000176. The van der Waals surface area contributed by atoms with Crippen molar-refractivity contribution in [3.63, 3.8) is 0 Å². The Morgan fingerprint density at radius 1 is 1.23 bits per heavy atom. The van der Waals surface area contributed by atoms with Crippen molar-refractivity contribution >= 4 is 18.3 Å². The third kappa shape index (κ3) is 3.55. The molecule has 1 saturated carbocycles. The van der Waals surface area contributed by atoms with E-state index in [2.05, 4.69) is 11.4 Å². The molecule has 0 radical (unpaired) electrons. The maximum absolute atomic E-state index is 12.6. The average Bonchev–Trinajstić information content (AvgIpc) is 2.90. The highest BCUT2D eigenvalue weighted by Gasteiger charge is 2.33. The maximum Gasteiger partial charge on any atom is 0.223 e. The maximum atomic E-state index is 12.6. The number of hydrogen-bond acceptors (Lipinski definition) is 3. The second kappa shape index (κ2) is 7.84. The number of rotatable bonds is 3. The number of ether oxygens (including phenoxy) is 1. The van der Waals surface area contributed by atoms with Crippen LogP contribution in [-0.2, 0) is 4.79 Å². The van der Waals surface area contributed by atoms with E-state index in [1.165, 1.54) is 0 Å². The van der Waals surface area contributed by atoms with Crippen molar-refractivity contribution in [2.24, 2.45) is 17.6 Å². The summed E-state index contributed by atoms with van der Waals surface area (Å²) in [5.41, 5.74) is 6.90. The standard InChI is InChI=1S/C17H24N2O2.ClH/c18-11-12-5-3-7-13(12)17(20)19-15-8-4-10-21-16-9-2-1-6-14(15)16;/h1-2,6,9,12-13,15H,3-5,7-8,10-11,18H2,(H,19,20);1H/t12-,13-,15?;/m1./s1. The largest absolute Gasteiger partial charge is 0.493 e. The minimum absolute atomic E-state index is 0. The van der Waals surface area contributed by atoms with Gasteiger partial charge in [0, 0.05) is 11.5 Å². The number of nitrogens with one attached hydrogen (secondary N) is 1. The molecular formula is C17H25ClN2O2. The summed E-state index contributed by atoms with van der Waals surface area (Å²) in [5.74, 6) is 1.51. The van der Waals surface area contributed by atoms with Gasteiger partial charge in [-0.3, -0.25) is 4.79 Å². The van der Waals surface area contributed by atoms with Crippen molar-refractivity contribution < 1.29 is 9.53 Å². The summed E-state index contributed by atoms with van der Waals surface area (Å²) >= 11 is 0. The van der Waals surface area contributed by atoms with Crippen LogP contribution in [0.15, 0.2) is 24.3 Å². The Labute approximate surface area is 138 Å². The summed E-state index contributed by atoms with van der Waals surface area (Å²) in [6, 6.07) is 8.09. The number of halogens is 1. The van der Waals surface area contributed by atoms with Gasteiger partial charge in [-0.05, 0) is 44.2 Å². The van der Waals surface area contributed by atoms with Crippen LogP contribution in [0.25, 0.3) is 0 Å². The van der Waals surface area contributed by atoms with Gasteiger partial charge in [0.15, 0.2) is 0 Å². The minimum Gasteiger partial charge on any atom is -0.493 e. The fourth-order valence-corrected chi connectivity index (χ4v) is 3.62. The number of benzene rings is 1. The van der Waals surface area contributed by atoms with Crippen LogP contribution in [0.3, 0.4) is 0 Å². The second-order valence-corrected chi connectivity index (χ2v) is 6.12. The Morgan fingerprint density at radius 3 is 2.86 bits per heavy atom. The van der Waals surface area contributed by atoms with Gasteiger partial charge in [0.05, 0.1) is 12.6 Å². The topological polar surface area (TPSA) is 64.4 Å². The molecule has 1 aromatic carbocycles. The third-order valence-corrected chi connectivity index (χ3v) is 4.80. The molecule has 1 aliphatic heterocycles. The number of fused-ring (bicyclic) bond motifs is 1. The molecule has 1 fully saturated rings. The van der Waals surface area contributed by atoms with Gasteiger partial charge in [-0.15, -0.1) is 12.4 Å². The van der Waals surface area contributed by atoms with Crippen LogP contribution in [0.4, 0.5) is 0 Å². The molecule has 1 aromatic rings. The monoisotopic (exact) mass is 324 g/mol. The number of hydrogen-bond donors (Lipinski definition) is 2. The van der Waals surface area contributed by atoms with Gasteiger partial charge in [0.25, 0.3) is 0 Å². The van der Waals surface area contributed by atoms with E-state index in [0.717, 1.165) is 50.0 Å². The molecule has 3 N–H and O–H groups in total. The lowest BCUT2D eigenvalue weighted by molar-refractivity contribution is -0.126. The van der Waals surface area contributed by atoms with Gasteiger partial charge in [0.1, 0.15) is 5.75 Å². The van der Waals surface area contributed by atoms with Gasteiger partial charge in [0.2, 0.25) is 5.91 Å². The van der Waals surface area contributed by atoms with Crippen LogP contribution in [0.1, 0.15) is 43.7 Å². The quantitative estimate of drug-likeness (QED) is 0.898. The number of carbonyl (C=O) groups is 1. The molecule has 1 amide bonds. The molecule has 1 heterocycles. The molecule has 3 atom stereocenters. The van der Waals surface area contributed by atoms with E-state index in [1.54, 1.807) is 0 Å². The van der Waals surface area contributed by atoms with Crippen LogP contribution < -0.4 is 15.8 Å². The van der Waals surface area contributed by atoms with Crippen LogP contribution in [0, 0.1) is 11.8 Å². The first-order valence-corrected chi connectivity index (χ1v) is 8.01. The molecule has 4 nitrogen and oxygen atoms in total. The summed E-state index contributed by atoms with van der Waals surface area (Å²) in [6.07, 6.45) is 5.06. The van der Waals surface area contributed by atoms with Crippen LogP contribution in [-0.4, -0.2) is 19.1 Å². The Kier molecular flexibility index (Phi) is 6.09. The van der Waals surface area contributed by atoms with Gasteiger partial charge in [-0.2, -0.15) is 0 Å². The van der Waals surface area contributed by atoms with Crippen LogP contribution in [0.5, 0.6) is 5.75 Å². The van der Waals surface area contributed by atoms with Crippen molar-refractivity contribution in [2.45, 2.75) is 38.1 Å². The molecule has 0 aromatic heterocycles. The van der Waals surface area contributed by atoms with Crippen molar-refractivity contribution in [1.82, 2.24) is 5.32 Å². The SMILES string of the molecule is Cl.NC[C@H]1CCC[C@H]1C(=O)NC1CCCOc2ccccc21. The predicted molar refractivity (Wildman–Crippen MR) is 89.2 cm³/mol. The molecule has 22 heavy (non-hydrogen) atoms. The van der Waals surface area contributed by atoms with E-state index in [0.29, 0.717) is 12.5 Å². The Morgan fingerprint density at radius 2 is 2.05 bits per heavy atom. The fraction of sp³-hybridized carbons (Fsp3) is 0.588. The first-order chi connectivity index (χ1) is 10.3. The van der Waals surface area contributed by atoms with Gasteiger partial charge >= 0.3 is 0 Å². The summed E-state index contributed by atoms with van der Waals surface area (Å²) in [5, 5.41) is 3.25. The lowest BCUT2D eigenvalue weighted by atomic mass is 9.94. The van der Waals surface area contributed by atoms with Gasteiger partial charge in [-0.1, -0.05) is 24.6 Å². The van der Waals surface area contributed by atoms with Crippen LogP contribution in [0.2, 0.25) is 0 Å². The van der Waals surface area contributed by atoms with E-state index >= 15 is 0 Å². The van der Waals surface area contributed by atoms with Crippen molar-refractivity contribution in [3.8, 4) is 5.75 Å². The molecule has 0 spiro atoms. The molecule has 0 saturated heterocycles. The first-order valence-electron chi connectivity index (χ1n) is 8.01. The van der Waals surface area contributed by atoms with E-state index in [9.17, 15) is 4.79 Å². The van der Waals surface area contributed by atoms with Crippen molar-refractivity contribution in [1.29, 1.82) is 0 Å². The zero-order valence-electron chi connectivity index (χ0n) is 12.8. The highest BCUT2D eigenvalue weighted by molar-refractivity contribution is 5.85. The molecule has 2 aliphatic rings. The molecule has 0 bridgehead atoms. The lowest BCUT2D eigenvalue weighted by Crippen LogP contribution is -2.37. The molecule has 1 unspecified atom stereocenters. The number of nitrogens with two attached hydrogens (primary N) is 1. The predicted octanol–water partition coefficient (Wildman–Crippen LogP) is 2.81. The van der Waals surface area contributed by atoms with Crippen molar-refractivity contribution in [2.75, 3.05) is 13.2 Å². The molecule has 5 heteroatoms. The smallest absolute Gasteiger partial charge is 0.223 e. The zero-order chi connectivity index (χ0) is 14.7. The summed E-state index contributed by atoms with van der Waals surface area (Å²) in [4.78, 5) is 12.6. The van der Waals surface area contributed by atoms with E-state index in [-0.39, 0.29) is 30.3 Å². The van der Waals surface area contributed by atoms with Gasteiger partial charge < -0.3 is 15.8 Å². The Bertz CT molecular complexity index is 509. The highest BCUT2D eigenvalue weighted by Crippen LogP contribution is 2.34. The lowest BCUT2D eigenvalue weighted by Gasteiger charge is -2.23. The van der Waals surface area contributed by atoms with Crippen molar-refractivity contribution in [3.05, 3.63) is 29.8 Å². The molecule has 3 rings (SSSR count). The van der Waals surface area contributed by atoms with E-state index in [1.807, 2.05) is 18.2 Å². The number of amides is 1. The zero-order valence-corrected chi connectivity index (χ0v) is 13.6. The minimum atomic E-state index is 0. The Hall–Kier alpha value is -1.26. The van der Waals surface area contributed by atoms with Crippen LogP contribution >= 0.6 is 12.4 Å².